The summed E-state index contributed by atoms with van der Waals surface area (Å²) in [5, 5.41) is 0. The molecule has 0 aliphatic carbocycles. The van der Waals surface area contributed by atoms with Crippen molar-refractivity contribution in [3.8, 4) is 11.1 Å². The van der Waals surface area contributed by atoms with Crippen molar-refractivity contribution in [2.75, 3.05) is 13.7 Å². The van der Waals surface area contributed by atoms with Crippen LogP contribution in [-0.4, -0.2) is 31.1 Å². The zero-order valence-corrected chi connectivity index (χ0v) is 19.7. The quantitative estimate of drug-likeness (QED) is 0.491. The molecule has 2 aromatic rings. The highest BCUT2D eigenvalue weighted by Gasteiger charge is 2.26. The third-order valence-electron chi connectivity index (χ3n) is 6.17. The predicted molar refractivity (Wildman–Crippen MR) is 130 cm³/mol. The number of benzene rings is 2. The Morgan fingerprint density at radius 1 is 1.16 bits per heavy atom. The molecule has 2 atom stereocenters. The van der Waals surface area contributed by atoms with Crippen molar-refractivity contribution in [2.45, 2.75) is 40.5 Å². The van der Waals surface area contributed by atoms with E-state index in [9.17, 15) is 9.59 Å². The molecule has 0 saturated carbocycles. The lowest BCUT2D eigenvalue weighted by atomic mass is 9.83. The van der Waals surface area contributed by atoms with E-state index in [1.165, 1.54) is 12.7 Å². The first-order valence-corrected chi connectivity index (χ1v) is 11.3. The lowest BCUT2D eigenvalue weighted by Crippen LogP contribution is -2.29. The second-order valence-electron chi connectivity index (χ2n) is 9.04. The number of hydrogen-bond donors (Lipinski definition) is 0. The highest BCUT2D eigenvalue weighted by Crippen LogP contribution is 2.28. The summed E-state index contributed by atoms with van der Waals surface area (Å²) in [7, 11) is 1.39. The summed E-state index contributed by atoms with van der Waals surface area (Å²) in [6.07, 6.45) is 5.56. The Morgan fingerprint density at radius 3 is 2.59 bits per heavy atom. The summed E-state index contributed by atoms with van der Waals surface area (Å²) in [6.45, 7) is 9.08. The zero-order valence-electron chi connectivity index (χ0n) is 19.7. The van der Waals surface area contributed by atoms with Gasteiger partial charge < -0.3 is 4.74 Å². The summed E-state index contributed by atoms with van der Waals surface area (Å²) in [4.78, 5) is 29.6. The van der Waals surface area contributed by atoms with E-state index in [1.807, 2.05) is 24.3 Å². The molecular weight excluding hydrogens is 398 g/mol. The molecule has 0 aromatic heterocycles. The standard InChI is InChI=1S/C28H33NO3/c1-18(2)24(27(30)26-14-9-19(3)17-29-26)13-12-21-11-10-20(4)25(15-21)22-7-6-8-23(16-22)28(31)32-5/h6-11,14-16,18-19,24H,12-13,17H2,1-5H3. The van der Waals surface area contributed by atoms with Crippen LogP contribution < -0.4 is 0 Å². The lowest BCUT2D eigenvalue weighted by Gasteiger charge is -2.21. The fraction of sp³-hybridized carbons (Fsp3) is 0.393. The molecule has 0 fully saturated rings. The maximum absolute atomic E-state index is 13.1. The molecule has 0 N–H and O–H groups in total. The molecule has 4 heteroatoms. The Hall–Kier alpha value is -3.01. The van der Waals surface area contributed by atoms with E-state index < -0.39 is 0 Å². The van der Waals surface area contributed by atoms with E-state index in [0.29, 0.717) is 23.7 Å². The molecule has 0 radical (unpaired) electrons. The molecule has 168 valence electrons. The van der Waals surface area contributed by atoms with Gasteiger partial charge in [0.15, 0.2) is 5.78 Å². The van der Waals surface area contributed by atoms with Gasteiger partial charge >= 0.3 is 5.97 Å². The van der Waals surface area contributed by atoms with Crippen LogP contribution in [0.4, 0.5) is 0 Å². The molecule has 2 aromatic carbocycles. The van der Waals surface area contributed by atoms with Crippen LogP contribution in [0.25, 0.3) is 11.1 Å². The first-order valence-electron chi connectivity index (χ1n) is 11.3. The minimum Gasteiger partial charge on any atom is -0.465 e. The number of methoxy groups -OCH3 is 1. The Balaban J connectivity index is 1.79. The average molecular weight is 432 g/mol. The van der Waals surface area contributed by atoms with E-state index in [4.69, 9.17) is 4.74 Å². The van der Waals surface area contributed by atoms with Gasteiger partial charge in [0.25, 0.3) is 0 Å². The molecule has 0 spiro atoms. The van der Waals surface area contributed by atoms with Crippen LogP contribution in [0.2, 0.25) is 0 Å². The van der Waals surface area contributed by atoms with Crippen molar-refractivity contribution < 1.29 is 14.3 Å². The van der Waals surface area contributed by atoms with Crippen LogP contribution in [0.5, 0.6) is 0 Å². The molecule has 2 unspecified atom stereocenters. The maximum atomic E-state index is 13.1. The van der Waals surface area contributed by atoms with E-state index in [0.717, 1.165) is 29.5 Å². The van der Waals surface area contributed by atoms with Crippen LogP contribution in [0.1, 0.15) is 48.7 Å². The normalized spacial score (nSPS) is 16.6. The molecule has 0 saturated heterocycles. The first-order chi connectivity index (χ1) is 15.3. The molecule has 3 rings (SSSR count). The highest BCUT2D eigenvalue weighted by atomic mass is 16.5. The number of nitrogens with zero attached hydrogens (tertiary/aromatic N) is 1. The lowest BCUT2D eigenvalue weighted by molar-refractivity contribution is -0.117. The molecule has 1 heterocycles. The fourth-order valence-electron chi connectivity index (χ4n) is 4.12. The molecule has 4 nitrogen and oxygen atoms in total. The summed E-state index contributed by atoms with van der Waals surface area (Å²) >= 11 is 0. The van der Waals surface area contributed by atoms with Gasteiger partial charge in [-0.2, -0.15) is 0 Å². The van der Waals surface area contributed by atoms with Crippen LogP contribution in [0.3, 0.4) is 0 Å². The number of rotatable bonds is 8. The largest absolute Gasteiger partial charge is 0.465 e. The van der Waals surface area contributed by atoms with Gasteiger partial charge in [-0.05, 0) is 72.1 Å². The van der Waals surface area contributed by atoms with Gasteiger partial charge in [-0.3, -0.25) is 9.79 Å². The number of dihydropyridines is 1. The van der Waals surface area contributed by atoms with Gasteiger partial charge in [0, 0.05) is 12.5 Å². The smallest absolute Gasteiger partial charge is 0.337 e. The van der Waals surface area contributed by atoms with Crippen molar-refractivity contribution in [3.63, 3.8) is 0 Å². The van der Waals surface area contributed by atoms with Crippen molar-refractivity contribution in [3.05, 3.63) is 71.3 Å². The van der Waals surface area contributed by atoms with Gasteiger partial charge in [0.1, 0.15) is 5.71 Å². The number of aryl methyl sites for hydroxylation is 2. The second-order valence-corrected chi connectivity index (χ2v) is 9.04. The number of esters is 1. The van der Waals surface area contributed by atoms with E-state index in [1.54, 1.807) is 6.07 Å². The highest BCUT2D eigenvalue weighted by molar-refractivity contribution is 6.45. The summed E-state index contributed by atoms with van der Waals surface area (Å²) < 4.78 is 4.86. The number of ketones is 1. The first kappa shape index (κ1) is 23.6. The molecule has 0 bridgehead atoms. The Morgan fingerprint density at radius 2 is 1.94 bits per heavy atom. The SMILES string of the molecule is COC(=O)c1cccc(-c2cc(CCC(C(=O)C3=NCC(C)C=C3)C(C)C)ccc2C)c1. The Labute approximate surface area is 191 Å². The van der Waals surface area contributed by atoms with Crippen molar-refractivity contribution in [2.24, 2.45) is 22.7 Å². The minimum atomic E-state index is -0.340. The van der Waals surface area contributed by atoms with Gasteiger partial charge in [0.05, 0.1) is 12.7 Å². The van der Waals surface area contributed by atoms with Gasteiger partial charge in [0.2, 0.25) is 0 Å². The maximum Gasteiger partial charge on any atom is 0.337 e. The molecule has 1 aliphatic rings. The van der Waals surface area contributed by atoms with Gasteiger partial charge in [-0.1, -0.05) is 57.2 Å². The van der Waals surface area contributed by atoms with Crippen LogP contribution in [0, 0.1) is 24.7 Å². The van der Waals surface area contributed by atoms with E-state index in [2.05, 4.69) is 57.0 Å². The number of hydrogen-bond acceptors (Lipinski definition) is 4. The number of carbonyl (C=O) groups is 2. The molecule has 0 amide bonds. The van der Waals surface area contributed by atoms with Crippen molar-refractivity contribution in [1.82, 2.24) is 0 Å². The Bertz CT molecular complexity index is 1050. The Kier molecular flexibility index (Phi) is 7.79. The summed E-state index contributed by atoms with van der Waals surface area (Å²) in [5.74, 6) is 0.404. The number of carbonyl (C=O) groups excluding carboxylic acids is 2. The number of Topliss-reactive ketones (excluding diaryl/α,β-unsaturated/α-hetero) is 1. The van der Waals surface area contributed by atoms with Crippen LogP contribution in [-0.2, 0) is 16.0 Å². The van der Waals surface area contributed by atoms with Crippen LogP contribution in [0.15, 0.2) is 59.6 Å². The van der Waals surface area contributed by atoms with Gasteiger partial charge in [-0.25, -0.2) is 4.79 Å². The topological polar surface area (TPSA) is 55.7 Å². The number of ether oxygens (including phenoxy) is 1. The molecule has 1 aliphatic heterocycles. The van der Waals surface area contributed by atoms with E-state index in [-0.39, 0.29) is 23.6 Å². The fourth-order valence-corrected chi connectivity index (χ4v) is 4.12. The summed E-state index contributed by atoms with van der Waals surface area (Å²) in [5.41, 5.74) is 5.56. The number of aliphatic imine (C=N–C) groups is 1. The average Bonchev–Trinajstić information content (AvgIpc) is 2.79. The van der Waals surface area contributed by atoms with Gasteiger partial charge in [-0.15, -0.1) is 0 Å². The third kappa shape index (κ3) is 5.61. The second kappa shape index (κ2) is 10.5. The van der Waals surface area contributed by atoms with Crippen molar-refractivity contribution in [1.29, 1.82) is 0 Å². The summed E-state index contributed by atoms with van der Waals surface area (Å²) in [6, 6.07) is 13.9. The van der Waals surface area contributed by atoms with E-state index >= 15 is 0 Å². The number of allylic oxidation sites excluding steroid dienone is 1. The van der Waals surface area contributed by atoms with Crippen LogP contribution >= 0.6 is 0 Å². The van der Waals surface area contributed by atoms with Crippen molar-refractivity contribution >= 4 is 17.5 Å². The minimum absolute atomic E-state index is 0.0563. The predicted octanol–water partition coefficient (Wildman–Crippen LogP) is 5.87. The monoisotopic (exact) mass is 431 g/mol. The molecular formula is C28H33NO3. The zero-order chi connectivity index (χ0) is 23.3. The third-order valence-corrected chi connectivity index (χ3v) is 6.17. The molecule has 32 heavy (non-hydrogen) atoms.